The summed E-state index contributed by atoms with van der Waals surface area (Å²) >= 11 is 0. The summed E-state index contributed by atoms with van der Waals surface area (Å²) in [7, 11) is 0. The topological polar surface area (TPSA) is 43.3 Å². The number of hydrogen-bond acceptors (Lipinski definition) is 2. The highest BCUT2D eigenvalue weighted by Crippen LogP contribution is 2.33. The summed E-state index contributed by atoms with van der Waals surface area (Å²) in [6, 6.07) is 21.0. The molecule has 1 atom stereocenters. The van der Waals surface area contributed by atoms with E-state index in [1.165, 1.54) is 41.8 Å². The molecule has 1 aliphatic heterocycles. The number of hydrogen-bond donors (Lipinski definition) is 1. The molecule has 1 aromatic heterocycles. The van der Waals surface area contributed by atoms with Crippen LogP contribution in [0.25, 0.3) is 16.9 Å². The van der Waals surface area contributed by atoms with Gasteiger partial charge in [-0.3, -0.25) is 4.79 Å². The number of fused-ring (bicyclic) bond motifs is 1. The van der Waals surface area contributed by atoms with Crippen molar-refractivity contribution in [3.05, 3.63) is 77.5 Å². The van der Waals surface area contributed by atoms with Crippen molar-refractivity contribution in [3.63, 3.8) is 0 Å². The zero-order valence-electron chi connectivity index (χ0n) is 18.0. The van der Waals surface area contributed by atoms with E-state index in [1.807, 2.05) is 12.1 Å². The van der Waals surface area contributed by atoms with Gasteiger partial charge in [-0.1, -0.05) is 36.8 Å². The number of benzene rings is 2. The molecule has 31 heavy (non-hydrogen) atoms. The van der Waals surface area contributed by atoms with Crippen molar-refractivity contribution in [2.24, 2.45) is 0 Å². The predicted molar refractivity (Wildman–Crippen MR) is 124 cm³/mol. The minimum Gasteiger partial charge on any atom is -0.376 e. The van der Waals surface area contributed by atoms with E-state index in [1.54, 1.807) is 0 Å². The summed E-state index contributed by atoms with van der Waals surface area (Å²) in [4.78, 5) is 12.6. The molecular formula is C27H30N2O2. The van der Waals surface area contributed by atoms with Crippen LogP contribution >= 0.6 is 0 Å². The SMILES string of the molecule is O=C(NCC1CCCO1)c1ccc(-n2c(-c3ccccc3)cc3c2CCCCC3)cc1. The molecular weight excluding hydrogens is 384 g/mol. The third-order valence-electron chi connectivity index (χ3n) is 6.52. The van der Waals surface area contributed by atoms with Gasteiger partial charge in [0.25, 0.3) is 5.91 Å². The Morgan fingerprint density at radius 1 is 0.968 bits per heavy atom. The number of amides is 1. The van der Waals surface area contributed by atoms with Crippen LogP contribution in [0.5, 0.6) is 0 Å². The average Bonchev–Trinajstić information content (AvgIpc) is 3.40. The molecule has 1 unspecified atom stereocenters. The van der Waals surface area contributed by atoms with E-state index < -0.39 is 0 Å². The molecule has 2 aliphatic rings. The smallest absolute Gasteiger partial charge is 0.251 e. The lowest BCUT2D eigenvalue weighted by Gasteiger charge is -2.15. The Labute approximate surface area is 184 Å². The summed E-state index contributed by atoms with van der Waals surface area (Å²) < 4.78 is 8.01. The quantitative estimate of drug-likeness (QED) is 0.574. The van der Waals surface area contributed by atoms with Crippen LogP contribution in [-0.2, 0) is 17.6 Å². The fourth-order valence-corrected chi connectivity index (χ4v) is 4.87. The fourth-order valence-electron chi connectivity index (χ4n) is 4.87. The van der Waals surface area contributed by atoms with Gasteiger partial charge in [0.15, 0.2) is 0 Å². The lowest BCUT2D eigenvalue weighted by Crippen LogP contribution is -2.31. The normalized spacial score (nSPS) is 18.4. The van der Waals surface area contributed by atoms with E-state index in [0.29, 0.717) is 12.1 Å². The molecule has 160 valence electrons. The molecule has 5 rings (SSSR count). The van der Waals surface area contributed by atoms with E-state index in [2.05, 4.69) is 58.4 Å². The van der Waals surface area contributed by atoms with Gasteiger partial charge in [0.1, 0.15) is 0 Å². The van der Waals surface area contributed by atoms with Crippen molar-refractivity contribution in [1.29, 1.82) is 0 Å². The molecule has 1 amide bonds. The summed E-state index contributed by atoms with van der Waals surface area (Å²) in [5, 5.41) is 3.02. The van der Waals surface area contributed by atoms with Crippen LogP contribution in [-0.4, -0.2) is 29.7 Å². The Kier molecular flexibility index (Phi) is 5.90. The average molecular weight is 415 g/mol. The number of carbonyl (C=O) groups excluding carboxylic acids is 1. The number of aromatic nitrogens is 1. The second kappa shape index (κ2) is 9.11. The van der Waals surface area contributed by atoms with Crippen molar-refractivity contribution < 1.29 is 9.53 Å². The molecule has 1 saturated heterocycles. The summed E-state index contributed by atoms with van der Waals surface area (Å²) in [5.74, 6) is -0.0309. The Morgan fingerprint density at radius 2 is 1.77 bits per heavy atom. The molecule has 2 aromatic carbocycles. The molecule has 3 aromatic rings. The van der Waals surface area contributed by atoms with Crippen LogP contribution in [0.4, 0.5) is 0 Å². The Bertz CT molecular complexity index is 1030. The molecule has 0 saturated carbocycles. The van der Waals surface area contributed by atoms with Gasteiger partial charge in [0.2, 0.25) is 0 Å². The van der Waals surface area contributed by atoms with Gasteiger partial charge in [-0.2, -0.15) is 0 Å². The van der Waals surface area contributed by atoms with Gasteiger partial charge in [-0.15, -0.1) is 0 Å². The molecule has 0 spiro atoms. The lowest BCUT2D eigenvalue weighted by molar-refractivity contribution is 0.0858. The molecule has 2 heterocycles. The molecule has 4 nitrogen and oxygen atoms in total. The molecule has 1 N–H and O–H groups in total. The Morgan fingerprint density at radius 3 is 2.55 bits per heavy atom. The van der Waals surface area contributed by atoms with Crippen molar-refractivity contribution in [3.8, 4) is 16.9 Å². The van der Waals surface area contributed by atoms with Gasteiger partial charge in [-0.25, -0.2) is 0 Å². The Balaban J connectivity index is 1.44. The van der Waals surface area contributed by atoms with Crippen molar-refractivity contribution in [2.75, 3.05) is 13.2 Å². The van der Waals surface area contributed by atoms with Gasteiger partial charge in [0.05, 0.1) is 11.8 Å². The third kappa shape index (κ3) is 4.31. The number of nitrogens with one attached hydrogen (secondary N) is 1. The van der Waals surface area contributed by atoms with E-state index in [9.17, 15) is 4.79 Å². The molecule has 4 heteroatoms. The van der Waals surface area contributed by atoms with Crippen LogP contribution in [0.3, 0.4) is 0 Å². The summed E-state index contributed by atoms with van der Waals surface area (Å²) in [6.45, 7) is 1.39. The summed E-state index contributed by atoms with van der Waals surface area (Å²) in [5.41, 5.74) is 7.18. The van der Waals surface area contributed by atoms with Gasteiger partial charge >= 0.3 is 0 Å². The minimum atomic E-state index is -0.0309. The first kappa shape index (κ1) is 20.1. The zero-order chi connectivity index (χ0) is 21.0. The lowest BCUT2D eigenvalue weighted by atomic mass is 10.1. The number of nitrogens with zero attached hydrogens (tertiary/aromatic N) is 1. The van der Waals surface area contributed by atoms with Crippen molar-refractivity contribution >= 4 is 5.91 Å². The largest absolute Gasteiger partial charge is 0.376 e. The standard InChI is InChI=1S/C27H30N2O2/c30-27(28-19-24-11-7-17-31-24)21-13-15-23(16-14-21)29-25-12-6-2-5-10-22(25)18-26(29)20-8-3-1-4-9-20/h1,3-4,8-9,13-16,18,24H,2,5-7,10-12,17,19H2,(H,28,30). The first-order valence-electron chi connectivity index (χ1n) is 11.6. The molecule has 1 aliphatic carbocycles. The van der Waals surface area contributed by atoms with Gasteiger partial charge < -0.3 is 14.6 Å². The number of aryl methyl sites for hydroxylation is 1. The van der Waals surface area contributed by atoms with Crippen LogP contribution in [0.1, 0.15) is 53.7 Å². The zero-order valence-corrected chi connectivity index (χ0v) is 18.0. The van der Waals surface area contributed by atoms with Gasteiger partial charge in [-0.05, 0) is 80.0 Å². The Hall–Kier alpha value is -2.85. The van der Waals surface area contributed by atoms with Crippen LogP contribution in [0, 0.1) is 0 Å². The van der Waals surface area contributed by atoms with E-state index >= 15 is 0 Å². The molecule has 0 radical (unpaired) electrons. The molecule has 0 bridgehead atoms. The maximum Gasteiger partial charge on any atom is 0.251 e. The monoisotopic (exact) mass is 414 g/mol. The minimum absolute atomic E-state index is 0.0309. The van der Waals surface area contributed by atoms with Crippen LogP contribution in [0.15, 0.2) is 60.7 Å². The second-order valence-corrected chi connectivity index (χ2v) is 8.66. The first-order chi connectivity index (χ1) is 15.3. The first-order valence-corrected chi connectivity index (χ1v) is 11.6. The van der Waals surface area contributed by atoms with E-state index in [-0.39, 0.29) is 12.0 Å². The second-order valence-electron chi connectivity index (χ2n) is 8.66. The third-order valence-corrected chi connectivity index (χ3v) is 6.52. The predicted octanol–water partition coefficient (Wildman–Crippen LogP) is 5.32. The van der Waals surface area contributed by atoms with E-state index in [0.717, 1.165) is 38.0 Å². The highest BCUT2D eigenvalue weighted by atomic mass is 16.5. The molecule has 1 fully saturated rings. The number of rotatable bonds is 5. The van der Waals surface area contributed by atoms with Crippen LogP contribution < -0.4 is 5.32 Å². The van der Waals surface area contributed by atoms with Gasteiger partial charge in [0, 0.05) is 30.1 Å². The highest BCUT2D eigenvalue weighted by molar-refractivity contribution is 5.94. The maximum absolute atomic E-state index is 12.6. The van der Waals surface area contributed by atoms with Crippen LogP contribution in [0.2, 0.25) is 0 Å². The number of ether oxygens (including phenoxy) is 1. The number of carbonyl (C=O) groups is 1. The van der Waals surface area contributed by atoms with E-state index in [4.69, 9.17) is 4.74 Å². The fraction of sp³-hybridized carbons (Fsp3) is 0.370. The van der Waals surface area contributed by atoms with Crippen molar-refractivity contribution in [1.82, 2.24) is 9.88 Å². The highest BCUT2D eigenvalue weighted by Gasteiger charge is 2.20. The summed E-state index contributed by atoms with van der Waals surface area (Å²) in [6.07, 6.45) is 8.30. The van der Waals surface area contributed by atoms with Crippen molar-refractivity contribution in [2.45, 2.75) is 51.0 Å². The maximum atomic E-state index is 12.6.